The number of nitrogens with two attached hydrogens (primary N) is 2. The summed E-state index contributed by atoms with van der Waals surface area (Å²) < 4.78 is 98.4. The molecule has 1 aromatic heterocycles. The molecular weight excluding hydrogens is 940 g/mol. The van der Waals surface area contributed by atoms with Crippen LogP contribution in [0.1, 0.15) is 21.5 Å². The van der Waals surface area contributed by atoms with Crippen molar-refractivity contribution < 1.29 is 60.1 Å². The van der Waals surface area contributed by atoms with Crippen molar-refractivity contribution in [2.45, 2.75) is 12.4 Å². The highest BCUT2D eigenvalue weighted by atomic mass is 36.0. The van der Waals surface area contributed by atoms with Crippen LogP contribution in [0, 0.1) is 20.2 Å². The van der Waals surface area contributed by atoms with Crippen LogP contribution < -0.4 is 21.3 Å². The van der Waals surface area contributed by atoms with Crippen LogP contribution in [0.2, 0.25) is 0 Å². The Bertz CT molecular complexity index is 2470. The van der Waals surface area contributed by atoms with Crippen molar-refractivity contribution >= 4 is 90.0 Å². The number of carboxylic acids is 1. The number of fused-ring (bicyclic) bond motifs is 1. The summed E-state index contributed by atoms with van der Waals surface area (Å²) in [4.78, 5) is 41.7. The number of ether oxygens (including phenoxy) is 2. The minimum absolute atomic E-state index is 0.0447. The summed E-state index contributed by atoms with van der Waals surface area (Å²) in [5, 5.41) is 26.8. The number of alkyl halides is 6. The lowest BCUT2D eigenvalue weighted by Crippen LogP contribution is -2.36. The topological polar surface area (TPSA) is 246 Å². The van der Waals surface area contributed by atoms with Gasteiger partial charge in [-0.3, -0.25) is 24.8 Å². The van der Waals surface area contributed by atoms with Crippen LogP contribution in [0.25, 0.3) is 22.4 Å². The number of nitro benzene ring substituents is 2. The number of anilines is 4. The number of carboxylic acid groups (broad SMARTS) is 1. The first kappa shape index (κ1) is 50.1. The SMILES string of the molecule is Nc1ccc([N+](=O)[O-])cc1N.O=C(O)c1cc(N2CCOCC2)cc(C(F)(F)F)c1.O=P(Cl)(Cl)Cl.O=[N+]([O-])c1ccc2nc(-c3cc(N4CCOCC4)cc(C(F)(F)F)c3)[nH]c2c1. The van der Waals surface area contributed by atoms with Gasteiger partial charge in [0.25, 0.3) is 11.4 Å². The molecule has 63 heavy (non-hydrogen) atoms. The Morgan fingerprint density at radius 3 is 1.65 bits per heavy atom. The van der Waals surface area contributed by atoms with Gasteiger partial charge in [-0.15, -0.1) is 0 Å². The molecule has 6 N–H and O–H groups in total. The maximum Gasteiger partial charge on any atom is 0.416 e. The van der Waals surface area contributed by atoms with E-state index in [2.05, 4.69) is 43.7 Å². The van der Waals surface area contributed by atoms with Crippen molar-refractivity contribution in [1.29, 1.82) is 0 Å². The molecule has 0 bridgehead atoms. The molecule has 340 valence electrons. The minimum atomic E-state index is -4.56. The Labute approximate surface area is 366 Å². The van der Waals surface area contributed by atoms with Gasteiger partial charge in [0.1, 0.15) is 5.82 Å². The normalized spacial score (nSPS) is 14.3. The number of rotatable bonds is 6. The third-order valence-corrected chi connectivity index (χ3v) is 8.72. The van der Waals surface area contributed by atoms with Crippen molar-refractivity contribution in [3.8, 4) is 11.4 Å². The number of benzene rings is 4. The average molecular weight is 974 g/mol. The second-order valence-corrected chi connectivity index (χ2v) is 19.7. The van der Waals surface area contributed by atoms with Gasteiger partial charge in [-0.25, -0.2) is 9.78 Å². The number of aromatic carboxylic acids is 1. The summed E-state index contributed by atoms with van der Waals surface area (Å²) in [5.74, 6) is -1.16. The number of nitro groups is 2. The Hall–Kier alpha value is -5.58. The zero-order chi connectivity index (χ0) is 46.9. The zero-order valence-electron chi connectivity index (χ0n) is 32.0. The molecule has 0 unspecified atom stereocenters. The fraction of sp³-hybridized carbons (Fsp3) is 0.278. The summed E-state index contributed by atoms with van der Waals surface area (Å²) >= 11 is 13.8. The Kier molecular flexibility index (Phi) is 16.8. The van der Waals surface area contributed by atoms with Crippen LogP contribution in [0.4, 0.5) is 60.5 Å². The van der Waals surface area contributed by atoms with Gasteiger partial charge in [0, 0.05) is 67.4 Å². The largest absolute Gasteiger partial charge is 0.478 e. The summed E-state index contributed by atoms with van der Waals surface area (Å²) in [7, 11) is 0. The number of aromatic nitrogens is 2. The summed E-state index contributed by atoms with van der Waals surface area (Å²) in [5.41, 5.74) is 10.8. The molecule has 3 heterocycles. The van der Waals surface area contributed by atoms with Crippen molar-refractivity contribution in [3.05, 3.63) is 110 Å². The fourth-order valence-corrected chi connectivity index (χ4v) is 5.74. The highest BCUT2D eigenvalue weighted by molar-refractivity contribution is 8.24. The Balaban J connectivity index is 0.000000214. The van der Waals surface area contributed by atoms with Gasteiger partial charge in [0.2, 0.25) is 0 Å². The third kappa shape index (κ3) is 15.3. The molecule has 2 aliphatic heterocycles. The molecule has 5 aromatic rings. The van der Waals surface area contributed by atoms with Gasteiger partial charge in [0.05, 0.1) is 75.4 Å². The molecule has 0 saturated carbocycles. The number of H-pyrrole nitrogens is 1. The zero-order valence-corrected chi connectivity index (χ0v) is 35.2. The van der Waals surface area contributed by atoms with Gasteiger partial charge in [-0.1, -0.05) is 0 Å². The van der Waals surface area contributed by atoms with E-state index in [4.69, 9.17) is 26.0 Å². The van der Waals surface area contributed by atoms with E-state index in [0.717, 1.165) is 18.2 Å². The quantitative estimate of drug-likeness (QED) is 0.0407. The summed E-state index contributed by atoms with van der Waals surface area (Å²) in [6.07, 6.45) is -9.08. The molecular formula is C36H34Cl3F6N8O9P. The first-order chi connectivity index (χ1) is 29.3. The van der Waals surface area contributed by atoms with Crippen LogP contribution in [0.3, 0.4) is 0 Å². The number of nitrogens with one attached hydrogen (secondary N) is 1. The van der Waals surface area contributed by atoms with Gasteiger partial charge in [-0.2, -0.15) is 26.3 Å². The number of carbonyl (C=O) groups is 1. The van der Waals surface area contributed by atoms with E-state index in [1.165, 1.54) is 42.5 Å². The second-order valence-electron chi connectivity index (χ2n) is 13.0. The number of hydrogen-bond donors (Lipinski definition) is 4. The van der Waals surface area contributed by atoms with Crippen LogP contribution >= 0.6 is 38.9 Å². The first-order valence-corrected chi connectivity index (χ1v) is 22.2. The third-order valence-electron chi connectivity index (χ3n) is 8.72. The van der Waals surface area contributed by atoms with Gasteiger partial charge in [0.15, 0.2) is 0 Å². The molecule has 0 radical (unpaired) electrons. The molecule has 4 aromatic carbocycles. The van der Waals surface area contributed by atoms with Gasteiger partial charge >= 0.3 is 23.5 Å². The Morgan fingerprint density at radius 1 is 0.730 bits per heavy atom. The molecule has 0 aliphatic carbocycles. The average Bonchev–Trinajstić information content (AvgIpc) is 3.65. The van der Waals surface area contributed by atoms with Crippen molar-refractivity contribution in [3.63, 3.8) is 0 Å². The lowest BCUT2D eigenvalue weighted by atomic mass is 10.1. The lowest BCUT2D eigenvalue weighted by Gasteiger charge is -2.29. The first-order valence-electron chi connectivity index (χ1n) is 17.8. The van der Waals surface area contributed by atoms with Gasteiger partial charge < -0.3 is 40.8 Å². The van der Waals surface area contributed by atoms with Gasteiger partial charge in [-0.05, 0) is 82.3 Å². The minimum Gasteiger partial charge on any atom is -0.478 e. The molecule has 2 saturated heterocycles. The monoisotopic (exact) mass is 972 g/mol. The van der Waals surface area contributed by atoms with E-state index in [0.29, 0.717) is 81.1 Å². The number of aromatic amines is 1. The number of imidazole rings is 1. The van der Waals surface area contributed by atoms with Crippen LogP contribution in [0.15, 0.2) is 72.8 Å². The van der Waals surface area contributed by atoms with E-state index in [1.807, 2.05) is 4.90 Å². The number of nitrogens with zero attached hydrogens (tertiary/aromatic N) is 5. The number of nitrogen functional groups attached to an aromatic ring is 2. The smallest absolute Gasteiger partial charge is 0.416 e. The standard InChI is InChI=1S/C18H15F3N4O3.C12H12F3NO3.C6H7N3O2.Cl3OP/c19-18(20,21)12-7-11(8-14(9-12)24-3-5-28-6-4-24)17-22-15-2-1-13(25(26)27)10-16(15)23-17;13-12(14,15)9-5-8(11(17)18)6-10(7-9)16-1-3-19-4-2-16;7-5-2-1-4(9(10)11)3-6(5)8;1-5(2,3)4/h1-2,7-10H,3-6H2,(H,22,23);5-7H,1-4H2,(H,17,18);1-3H,7-8H2;. The maximum atomic E-state index is 13.4. The van der Waals surface area contributed by atoms with E-state index in [9.17, 15) is 55.9 Å². The van der Waals surface area contributed by atoms with E-state index in [-0.39, 0.29) is 39.7 Å². The van der Waals surface area contributed by atoms with Crippen LogP contribution in [0.5, 0.6) is 0 Å². The fourth-order valence-electron chi connectivity index (χ4n) is 5.74. The number of halogens is 9. The summed E-state index contributed by atoms with van der Waals surface area (Å²) in [6.45, 7) is 3.60. The highest BCUT2D eigenvalue weighted by Crippen LogP contribution is 2.61. The van der Waals surface area contributed by atoms with E-state index in [1.54, 1.807) is 11.0 Å². The van der Waals surface area contributed by atoms with E-state index < -0.39 is 44.5 Å². The number of morpholine rings is 2. The molecule has 2 fully saturated rings. The highest BCUT2D eigenvalue weighted by Gasteiger charge is 2.33. The molecule has 0 amide bonds. The molecule has 0 spiro atoms. The molecule has 17 nitrogen and oxygen atoms in total. The lowest BCUT2D eigenvalue weighted by molar-refractivity contribution is -0.384. The second kappa shape index (κ2) is 21.2. The van der Waals surface area contributed by atoms with Crippen molar-refractivity contribution in [1.82, 2.24) is 9.97 Å². The predicted molar refractivity (Wildman–Crippen MR) is 225 cm³/mol. The van der Waals surface area contributed by atoms with Crippen LogP contribution in [-0.4, -0.2) is 83.5 Å². The van der Waals surface area contributed by atoms with E-state index >= 15 is 0 Å². The maximum absolute atomic E-state index is 13.4. The molecule has 27 heteroatoms. The number of hydrogen-bond acceptors (Lipinski definition) is 13. The Morgan fingerprint density at radius 2 is 1.19 bits per heavy atom. The summed E-state index contributed by atoms with van der Waals surface area (Å²) in [6, 6.07) is 14.7. The molecule has 0 atom stereocenters. The van der Waals surface area contributed by atoms with Crippen molar-refractivity contribution in [2.75, 3.05) is 73.9 Å². The molecule has 2 aliphatic rings. The number of non-ortho nitro benzene ring substituents is 2. The molecule has 7 rings (SSSR count). The predicted octanol–water partition coefficient (Wildman–Crippen LogP) is 9.80. The van der Waals surface area contributed by atoms with Crippen LogP contribution in [-0.2, 0) is 26.4 Å². The van der Waals surface area contributed by atoms with Crippen molar-refractivity contribution in [2.24, 2.45) is 0 Å².